The number of fused-ring (bicyclic) bond motifs is 10. The zero-order chi connectivity index (χ0) is 41.8. The van der Waals surface area contributed by atoms with Crippen molar-refractivity contribution in [2.75, 3.05) is 4.90 Å². The molecule has 8 aromatic rings. The molecule has 62 heavy (non-hydrogen) atoms. The normalized spacial score (nSPS) is 18.1. The first-order chi connectivity index (χ1) is 30.2. The Bertz CT molecular complexity index is 2980. The Kier molecular flexibility index (Phi) is 8.19. The van der Waals surface area contributed by atoms with E-state index in [1.165, 1.54) is 67.0 Å². The van der Waals surface area contributed by atoms with Gasteiger partial charge in [0.25, 0.3) is 0 Å². The molecule has 3 heterocycles. The summed E-state index contributed by atoms with van der Waals surface area (Å²) >= 11 is 0. The second-order valence-corrected chi connectivity index (χ2v) is 18.3. The highest BCUT2D eigenvalue weighted by molar-refractivity contribution is 6.62. The molecule has 0 radical (unpaired) electrons. The molecule has 0 aromatic heterocycles. The topological polar surface area (TPSA) is 30.9 Å². The maximum atomic E-state index is 6.67. The van der Waals surface area contributed by atoms with Crippen molar-refractivity contribution < 1.29 is 14.0 Å². The average molecular weight is 804 g/mol. The van der Waals surface area contributed by atoms with Crippen LogP contribution in [0.3, 0.4) is 0 Å². The minimum absolute atomic E-state index is 0.262. The first-order valence-corrected chi connectivity index (χ1v) is 21.8. The minimum Gasteiger partial charge on any atom is -0.457 e. The number of benzene rings is 8. The van der Waals surface area contributed by atoms with Gasteiger partial charge >= 0.3 is 7.12 Å². The van der Waals surface area contributed by atoms with Crippen molar-refractivity contribution in [3.63, 3.8) is 0 Å². The highest BCUT2D eigenvalue weighted by atomic mass is 16.7. The van der Waals surface area contributed by atoms with Gasteiger partial charge in [0.1, 0.15) is 11.5 Å². The first-order valence-electron chi connectivity index (χ1n) is 21.8. The fourth-order valence-electron chi connectivity index (χ4n) is 10.5. The first kappa shape index (κ1) is 37.1. The Morgan fingerprint density at radius 1 is 0.484 bits per heavy atom. The molecule has 0 amide bonds. The predicted molar refractivity (Wildman–Crippen MR) is 252 cm³/mol. The molecule has 4 aliphatic rings. The molecule has 8 aromatic carbocycles. The van der Waals surface area contributed by atoms with Crippen LogP contribution in [-0.2, 0) is 21.1 Å². The molecule has 12 rings (SSSR count). The molecule has 1 unspecified atom stereocenters. The third kappa shape index (κ3) is 5.48. The van der Waals surface area contributed by atoms with Crippen molar-refractivity contribution >= 4 is 24.0 Å². The van der Waals surface area contributed by atoms with Gasteiger partial charge in [0.05, 0.1) is 22.7 Å². The summed E-state index contributed by atoms with van der Waals surface area (Å²) in [7, 11) is -0.482. The summed E-state index contributed by atoms with van der Waals surface area (Å²) in [5.74, 6) is 1.74. The van der Waals surface area contributed by atoms with Gasteiger partial charge in [-0.25, -0.2) is 0 Å². The third-order valence-corrected chi connectivity index (χ3v) is 14.3. The Hall–Kier alpha value is -6.66. The molecular weight excluding hydrogens is 757 g/mol. The van der Waals surface area contributed by atoms with Crippen LogP contribution in [0.2, 0.25) is 0 Å². The van der Waals surface area contributed by atoms with E-state index < -0.39 is 23.7 Å². The minimum atomic E-state index is -0.622. The monoisotopic (exact) mass is 803 g/mol. The quantitative estimate of drug-likeness (QED) is 0.162. The third-order valence-electron chi connectivity index (χ3n) is 14.3. The number of para-hydroxylation sites is 3. The summed E-state index contributed by atoms with van der Waals surface area (Å²) in [6, 6.07) is 69.0. The van der Waals surface area contributed by atoms with Crippen LogP contribution >= 0.6 is 0 Å². The molecule has 1 spiro atoms. The average Bonchev–Trinajstić information content (AvgIpc) is 3.91. The van der Waals surface area contributed by atoms with Crippen molar-refractivity contribution in [2.45, 2.75) is 56.8 Å². The Labute approximate surface area is 364 Å². The number of ether oxygens (including phenoxy) is 1. The largest absolute Gasteiger partial charge is 0.494 e. The Morgan fingerprint density at radius 3 is 1.66 bits per heavy atom. The lowest BCUT2D eigenvalue weighted by Crippen LogP contribution is -2.41. The predicted octanol–water partition coefficient (Wildman–Crippen LogP) is 13.2. The fourth-order valence-corrected chi connectivity index (χ4v) is 10.5. The molecule has 4 nitrogen and oxygen atoms in total. The fraction of sp³-hybridized carbons (Fsp3) is 0.158. The van der Waals surface area contributed by atoms with E-state index in [2.05, 4.69) is 221 Å². The number of hydrogen-bond donors (Lipinski definition) is 0. The van der Waals surface area contributed by atoms with Gasteiger partial charge in [0, 0.05) is 22.5 Å². The van der Waals surface area contributed by atoms with Crippen LogP contribution in [-0.4, -0.2) is 18.3 Å². The van der Waals surface area contributed by atoms with Crippen LogP contribution in [0.25, 0.3) is 33.4 Å². The summed E-state index contributed by atoms with van der Waals surface area (Å²) in [5.41, 5.74) is 16.6. The highest BCUT2D eigenvalue weighted by Crippen LogP contribution is 2.62. The van der Waals surface area contributed by atoms with E-state index in [1.807, 2.05) is 0 Å². The van der Waals surface area contributed by atoms with Gasteiger partial charge in [-0.05, 0) is 132 Å². The van der Waals surface area contributed by atoms with Gasteiger partial charge in [-0.15, -0.1) is 0 Å². The van der Waals surface area contributed by atoms with E-state index in [0.29, 0.717) is 0 Å². The lowest BCUT2D eigenvalue weighted by Gasteiger charge is -2.39. The van der Waals surface area contributed by atoms with E-state index in [1.54, 1.807) is 0 Å². The van der Waals surface area contributed by atoms with E-state index in [9.17, 15) is 0 Å². The van der Waals surface area contributed by atoms with Crippen molar-refractivity contribution in [2.24, 2.45) is 0 Å². The van der Waals surface area contributed by atoms with Crippen LogP contribution in [0.1, 0.15) is 67.1 Å². The smallest absolute Gasteiger partial charge is 0.457 e. The summed E-state index contributed by atoms with van der Waals surface area (Å²) in [4.78, 5) is 2.50. The van der Waals surface area contributed by atoms with E-state index >= 15 is 0 Å². The summed E-state index contributed by atoms with van der Waals surface area (Å²) in [5, 5.41) is 0. The van der Waals surface area contributed by atoms with Crippen molar-refractivity contribution in [1.29, 1.82) is 0 Å². The van der Waals surface area contributed by atoms with Gasteiger partial charge in [0.2, 0.25) is 0 Å². The van der Waals surface area contributed by atoms with Gasteiger partial charge in [0.15, 0.2) is 0 Å². The molecule has 0 bridgehead atoms. The zero-order valence-corrected chi connectivity index (χ0v) is 35.4. The van der Waals surface area contributed by atoms with Gasteiger partial charge in [-0.3, -0.25) is 0 Å². The second kappa shape index (κ2) is 13.7. The van der Waals surface area contributed by atoms with E-state index in [-0.39, 0.29) is 6.04 Å². The van der Waals surface area contributed by atoms with Gasteiger partial charge < -0.3 is 18.9 Å². The number of rotatable bonds is 5. The maximum absolute atomic E-state index is 6.67. The standard InChI is InChI=1S/C57H46BNO3/c1-55(2)56(3,4)62-58(61-55)43-29-33-46-45-32-28-41(34-49(45)57(50(46)36-43)47-17-9-12-20-53(47)60-54-21-13-10-18-48(54)57)39-24-22-37(23-25-39)38-26-30-44(31-27-38)59-51-19-11-8-16-42(51)35-52(59)40-14-6-5-7-15-40/h5-34,36,52H,35H2,1-4H3. The number of anilines is 2. The van der Waals surface area contributed by atoms with Crippen molar-refractivity contribution in [1.82, 2.24) is 0 Å². The van der Waals surface area contributed by atoms with Crippen LogP contribution in [0, 0.1) is 0 Å². The van der Waals surface area contributed by atoms with Crippen LogP contribution in [0.5, 0.6) is 11.5 Å². The Balaban J connectivity index is 0.926. The molecule has 300 valence electrons. The molecule has 1 saturated heterocycles. The lowest BCUT2D eigenvalue weighted by atomic mass is 9.64. The molecule has 5 heteroatoms. The Morgan fingerprint density at radius 2 is 1.00 bits per heavy atom. The van der Waals surface area contributed by atoms with E-state index in [4.69, 9.17) is 14.0 Å². The lowest BCUT2D eigenvalue weighted by molar-refractivity contribution is 0.00578. The molecule has 0 N–H and O–H groups in total. The van der Waals surface area contributed by atoms with Crippen LogP contribution in [0.15, 0.2) is 188 Å². The summed E-state index contributed by atoms with van der Waals surface area (Å²) < 4.78 is 19.9. The van der Waals surface area contributed by atoms with Crippen LogP contribution < -0.4 is 15.1 Å². The second-order valence-electron chi connectivity index (χ2n) is 18.3. The zero-order valence-electron chi connectivity index (χ0n) is 35.4. The van der Waals surface area contributed by atoms with Crippen molar-refractivity contribution in [3.05, 3.63) is 221 Å². The van der Waals surface area contributed by atoms with Crippen LogP contribution in [0.4, 0.5) is 11.4 Å². The molecule has 1 aliphatic carbocycles. The highest BCUT2D eigenvalue weighted by Gasteiger charge is 2.54. The van der Waals surface area contributed by atoms with Crippen molar-refractivity contribution in [3.8, 4) is 44.9 Å². The number of hydrogen-bond acceptors (Lipinski definition) is 4. The van der Waals surface area contributed by atoms with Gasteiger partial charge in [-0.2, -0.15) is 0 Å². The SMILES string of the molecule is CC1(C)OB(c2ccc3c(c2)C2(c4ccccc4Oc4ccccc42)c2cc(-c4ccc(-c5ccc(N6c7ccccc7CC6c6ccccc6)cc5)cc4)ccc2-3)OC1(C)C. The molecule has 1 fully saturated rings. The number of nitrogens with zero attached hydrogens (tertiary/aromatic N) is 1. The molecule has 3 aliphatic heterocycles. The molecule has 0 saturated carbocycles. The molecular formula is C57H46BNO3. The maximum Gasteiger partial charge on any atom is 0.494 e. The van der Waals surface area contributed by atoms with Gasteiger partial charge in [-0.1, -0.05) is 152 Å². The van der Waals surface area contributed by atoms with E-state index in [0.717, 1.165) is 34.5 Å². The summed E-state index contributed by atoms with van der Waals surface area (Å²) in [6.45, 7) is 8.45. The summed E-state index contributed by atoms with van der Waals surface area (Å²) in [6.07, 6.45) is 0.995. The molecule has 1 atom stereocenters.